The van der Waals surface area contributed by atoms with Gasteiger partial charge < -0.3 is 15.1 Å². The van der Waals surface area contributed by atoms with Gasteiger partial charge in [0.1, 0.15) is 0 Å². The molecule has 0 fully saturated rings. The standard InChI is InChI=1S/C14H15N3O2/c1-9(18)17-5-4-10-6-11(2-3-12(10)17)13-8-16-14(7-15)19-13/h2-3,6,8H,4-5,7,15H2,1H3. The predicted octanol–water partition coefficient (Wildman–Crippen LogP) is 1.71. The van der Waals surface area contributed by atoms with E-state index in [1.165, 1.54) is 5.56 Å². The average Bonchev–Trinajstić information content (AvgIpc) is 3.04. The van der Waals surface area contributed by atoms with Crippen LogP contribution in [0.15, 0.2) is 28.8 Å². The Hall–Kier alpha value is -2.14. The fourth-order valence-electron chi connectivity index (χ4n) is 2.42. The Morgan fingerprint density at radius 1 is 1.53 bits per heavy atom. The number of benzene rings is 1. The highest BCUT2D eigenvalue weighted by molar-refractivity contribution is 5.94. The summed E-state index contributed by atoms with van der Waals surface area (Å²) in [6.45, 7) is 2.63. The summed E-state index contributed by atoms with van der Waals surface area (Å²) >= 11 is 0. The number of rotatable bonds is 2. The Bertz CT molecular complexity index is 633. The fourth-order valence-corrected chi connectivity index (χ4v) is 2.42. The highest BCUT2D eigenvalue weighted by Crippen LogP contribution is 2.32. The van der Waals surface area contributed by atoms with Gasteiger partial charge in [-0.2, -0.15) is 0 Å². The van der Waals surface area contributed by atoms with Gasteiger partial charge in [-0.3, -0.25) is 4.79 Å². The molecule has 5 nitrogen and oxygen atoms in total. The van der Waals surface area contributed by atoms with E-state index in [1.54, 1.807) is 18.0 Å². The zero-order valence-electron chi connectivity index (χ0n) is 10.7. The van der Waals surface area contributed by atoms with Gasteiger partial charge in [-0.05, 0) is 30.2 Å². The average molecular weight is 257 g/mol. The molecule has 1 aromatic carbocycles. The molecule has 2 heterocycles. The second kappa shape index (κ2) is 4.51. The van der Waals surface area contributed by atoms with Gasteiger partial charge in [0.25, 0.3) is 0 Å². The normalized spacial score (nSPS) is 13.7. The molecule has 0 bridgehead atoms. The van der Waals surface area contributed by atoms with Crippen molar-refractivity contribution in [2.24, 2.45) is 5.73 Å². The van der Waals surface area contributed by atoms with Crippen LogP contribution in [0.25, 0.3) is 11.3 Å². The third kappa shape index (κ3) is 2.02. The van der Waals surface area contributed by atoms with Gasteiger partial charge in [0.05, 0.1) is 12.7 Å². The predicted molar refractivity (Wildman–Crippen MR) is 71.6 cm³/mol. The SMILES string of the molecule is CC(=O)N1CCc2cc(-c3cnc(CN)o3)ccc21. The minimum Gasteiger partial charge on any atom is -0.439 e. The van der Waals surface area contributed by atoms with E-state index in [1.807, 2.05) is 12.1 Å². The van der Waals surface area contributed by atoms with E-state index in [0.717, 1.165) is 24.2 Å². The van der Waals surface area contributed by atoms with E-state index in [4.69, 9.17) is 10.2 Å². The van der Waals surface area contributed by atoms with Crippen LogP contribution in [-0.2, 0) is 17.8 Å². The van der Waals surface area contributed by atoms with E-state index >= 15 is 0 Å². The number of nitrogens with zero attached hydrogens (tertiary/aromatic N) is 2. The third-order valence-electron chi connectivity index (χ3n) is 3.37. The lowest BCUT2D eigenvalue weighted by atomic mass is 10.1. The van der Waals surface area contributed by atoms with E-state index < -0.39 is 0 Å². The summed E-state index contributed by atoms with van der Waals surface area (Å²) < 4.78 is 5.54. The second-order valence-electron chi connectivity index (χ2n) is 4.59. The number of hydrogen-bond acceptors (Lipinski definition) is 4. The van der Waals surface area contributed by atoms with Gasteiger partial charge in [-0.25, -0.2) is 4.98 Å². The largest absolute Gasteiger partial charge is 0.439 e. The van der Waals surface area contributed by atoms with Crippen LogP contribution in [0.5, 0.6) is 0 Å². The number of amides is 1. The van der Waals surface area contributed by atoms with E-state index in [-0.39, 0.29) is 5.91 Å². The lowest BCUT2D eigenvalue weighted by Gasteiger charge is -2.14. The Morgan fingerprint density at radius 2 is 2.37 bits per heavy atom. The summed E-state index contributed by atoms with van der Waals surface area (Å²) in [6, 6.07) is 5.96. The number of oxazole rings is 1. The summed E-state index contributed by atoms with van der Waals surface area (Å²) in [5.74, 6) is 1.32. The smallest absolute Gasteiger partial charge is 0.223 e. The number of hydrogen-bond donors (Lipinski definition) is 1. The first-order valence-corrected chi connectivity index (χ1v) is 6.25. The molecule has 0 atom stereocenters. The van der Waals surface area contributed by atoms with Crippen LogP contribution in [-0.4, -0.2) is 17.4 Å². The van der Waals surface area contributed by atoms with Crippen molar-refractivity contribution in [3.05, 3.63) is 35.9 Å². The maximum atomic E-state index is 11.5. The lowest BCUT2D eigenvalue weighted by molar-refractivity contribution is -0.116. The molecule has 0 aliphatic carbocycles. The number of nitrogens with two attached hydrogens (primary N) is 1. The molecule has 0 unspecified atom stereocenters. The minimum absolute atomic E-state index is 0.0802. The summed E-state index contributed by atoms with van der Waals surface area (Å²) in [5.41, 5.74) is 8.61. The van der Waals surface area contributed by atoms with Crippen molar-refractivity contribution in [1.29, 1.82) is 0 Å². The molecule has 98 valence electrons. The molecule has 0 spiro atoms. The van der Waals surface area contributed by atoms with Crippen molar-refractivity contribution < 1.29 is 9.21 Å². The van der Waals surface area contributed by atoms with Crippen LogP contribution in [0.2, 0.25) is 0 Å². The maximum absolute atomic E-state index is 11.5. The highest BCUT2D eigenvalue weighted by atomic mass is 16.4. The number of carbonyl (C=O) groups is 1. The zero-order valence-corrected chi connectivity index (χ0v) is 10.7. The van der Waals surface area contributed by atoms with E-state index in [0.29, 0.717) is 18.2 Å². The topological polar surface area (TPSA) is 72.4 Å². The van der Waals surface area contributed by atoms with Crippen molar-refractivity contribution in [2.45, 2.75) is 19.9 Å². The Labute approximate surface area is 111 Å². The molecule has 2 N–H and O–H groups in total. The number of carbonyl (C=O) groups excluding carboxylic acids is 1. The van der Waals surface area contributed by atoms with Crippen LogP contribution in [0.3, 0.4) is 0 Å². The van der Waals surface area contributed by atoms with Crippen LogP contribution in [0.1, 0.15) is 18.4 Å². The van der Waals surface area contributed by atoms with Crippen LogP contribution in [0, 0.1) is 0 Å². The number of fused-ring (bicyclic) bond motifs is 1. The van der Waals surface area contributed by atoms with Gasteiger partial charge in [-0.1, -0.05) is 0 Å². The molecule has 1 aromatic heterocycles. The summed E-state index contributed by atoms with van der Waals surface area (Å²) in [5, 5.41) is 0. The Morgan fingerprint density at radius 3 is 3.05 bits per heavy atom. The van der Waals surface area contributed by atoms with Crippen molar-refractivity contribution in [3.8, 4) is 11.3 Å². The monoisotopic (exact) mass is 257 g/mol. The van der Waals surface area contributed by atoms with Crippen molar-refractivity contribution in [2.75, 3.05) is 11.4 Å². The van der Waals surface area contributed by atoms with Gasteiger partial charge in [0.15, 0.2) is 5.76 Å². The molecule has 1 aliphatic rings. The van der Waals surface area contributed by atoms with Crippen molar-refractivity contribution >= 4 is 11.6 Å². The first-order chi connectivity index (χ1) is 9.19. The summed E-state index contributed by atoms with van der Waals surface area (Å²) in [4.78, 5) is 17.4. The first-order valence-electron chi connectivity index (χ1n) is 6.25. The van der Waals surface area contributed by atoms with Gasteiger partial charge in [-0.15, -0.1) is 0 Å². The molecular formula is C14H15N3O2. The molecule has 2 aromatic rings. The second-order valence-corrected chi connectivity index (χ2v) is 4.59. The summed E-state index contributed by atoms with van der Waals surface area (Å²) in [6.07, 6.45) is 2.56. The van der Waals surface area contributed by atoms with Gasteiger partial charge in [0.2, 0.25) is 11.8 Å². The highest BCUT2D eigenvalue weighted by Gasteiger charge is 2.22. The maximum Gasteiger partial charge on any atom is 0.223 e. The molecule has 5 heteroatoms. The lowest BCUT2D eigenvalue weighted by Crippen LogP contribution is -2.25. The van der Waals surface area contributed by atoms with Crippen LogP contribution < -0.4 is 10.6 Å². The molecule has 0 saturated carbocycles. The Kier molecular flexibility index (Phi) is 2.83. The fraction of sp³-hybridized carbons (Fsp3) is 0.286. The molecule has 19 heavy (non-hydrogen) atoms. The van der Waals surface area contributed by atoms with E-state index in [9.17, 15) is 4.79 Å². The van der Waals surface area contributed by atoms with Crippen molar-refractivity contribution in [1.82, 2.24) is 4.98 Å². The molecule has 3 rings (SSSR count). The van der Waals surface area contributed by atoms with E-state index in [2.05, 4.69) is 11.1 Å². The number of aromatic nitrogens is 1. The molecular weight excluding hydrogens is 242 g/mol. The van der Waals surface area contributed by atoms with Crippen LogP contribution in [0.4, 0.5) is 5.69 Å². The van der Waals surface area contributed by atoms with Gasteiger partial charge in [0, 0.05) is 24.7 Å². The molecule has 0 saturated heterocycles. The van der Waals surface area contributed by atoms with Crippen LogP contribution >= 0.6 is 0 Å². The summed E-state index contributed by atoms with van der Waals surface area (Å²) in [7, 11) is 0. The third-order valence-corrected chi connectivity index (χ3v) is 3.37. The minimum atomic E-state index is 0.0802. The van der Waals surface area contributed by atoms with Gasteiger partial charge >= 0.3 is 0 Å². The number of anilines is 1. The molecule has 0 radical (unpaired) electrons. The first kappa shape index (κ1) is 11.9. The Balaban J connectivity index is 1.96. The molecule has 1 amide bonds. The van der Waals surface area contributed by atoms with Crippen molar-refractivity contribution in [3.63, 3.8) is 0 Å². The molecule has 1 aliphatic heterocycles. The quantitative estimate of drug-likeness (QED) is 0.889. The zero-order chi connectivity index (χ0) is 13.4.